The Morgan fingerprint density at radius 2 is 1.95 bits per heavy atom. The summed E-state index contributed by atoms with van der Waals surface area (Å²) in [6.45, 7) is 4.68. The second kappa shape index (κ2) is 10.5. The molecule has 2 N–H and O–H groups in total. The van der Waals surface area contributed by atoms with Crippen LogP contribution in [0.2, 0.25) is 0 Å². The average Bonchev–Trinajstić information content (AvgIpc) is 3.81. The number of aliphatic hydroxyl groups is 1. The van der Waals surface area contributed by atoms with Gasteiger partial charge in [-0.1, -0.05) is 18.2 Å². The van der Waals surface area contributed by atoms with Crippen molar-refractivity contribution in [3.63, 3.8) is 0 Å². The highest BCUT2D eigenvalue weighted by molar-refractivity contribution is 5.94. The lowest BCUT2D eigenvalue weighted by molar-refractivity contribution is 0.0529. The van der Waals surface area contributed by atoms with Crippen LogP contribution in [0.3, 0.4) is 0 Å². The van der Waals surface area contributed by atoms with Crippen molar-refractivity contribution in [3.8, 4) is 11.4 Å². The van der Waals surface area contributed by atoms with Gasteiger partial charge in [0.05, 0.1) is 48.0 Å². The Morgan fingerprint density at radius 1 is 1.11 bits per heavy atom. The number of benzene rings is 1. The Bertz CT molecular complexity index is 1470. The van der Waals surface area contributed by atoms with E-state index in [1.807, 2.05) is 48.5 Å². The Morgan fingerprint density at radius 3 is 2.79 bits per heavy atom. The number of aromatic nitrogens is 3. The Balaban J connectivity index is 1.17. The maximum Gasteiger partial charge on any atom is 0.251 e. The van der Waals surface area contributed by atoms with Gasteiger partial charge in [-0.3, -0.25) is 9.78 Å². The van der Waals surface area contributed by atoms with Crippen molar-refractivity contribution in [2.75, 3.05) is 24.6 Å². The van der Waals surface area contributed by atoms with Crippen LogP contribution in [-0.4, -0.2) is 51.8 Å². The van der Waals surface area contributed by atoms with Crippen LogP contribution in [0.1, 0.15) is 47.5 Å². The van der Waals surface area contributed by atoms with Crippen molar-refractivity contribution >= 4 is 22.6 Å². The molecule has 0 radical (unpaired) electrons. The van der Waals surface area contributed by atoms with E-state index in [0.29, 0.717) is 23.8 Å². The molecule has 1 saturated heterocycles. The van der Waals surface area contributed by atoms with Crippen molar-refractivity contribution in [2.24, 2.45) is 5.92 Å². The van der Waals surface area contributed by atoms with Crippen molar-refractivity contribution in [1.82, 2.24) is 20.3 Å². The molecule has 2 atom stereocenters. The lowest BCUT2D eigenvalue weighted by Crippen LogP contribution is -2.41. The zero-order valence-corrected chi connectivity index (χ0v) is 21.4. The third kappa shape index (κ3) is 5.37. The summed E-state index contributed by atoms with van der Waals surface area (Å²) < 4.78 is 5.66. The summed E-state index contributed by atoms with van der Waals surface area (Å²) in [5.41, 5.74) is 4.43. The molecule has 2 unspecified atom stereocenters. The zero-order chi connectivity index (χ0) is 26.1. The number of hydrogen-bond donors (Lipinski definition) is 2. The number of morpholine rings is 1. The van der Waals surface area contributed by atoms with Crippen LogP contribution in [0.15, 0.2) is 66.9 Å². The average molecular weight is 510 g/mol. The fourth-order valence-corrected chi connectivity index (χ4v) is 4.89. The van der Waals surface area contributed by atoms with Gasteiger partial charge in [0.25, 0.3) is 5.91 Å². The number of fused-ring (bicyclic) bond motifs is 1. The quantitative estimate of drug-likeness (QED) is 0.383. The first-order valence-electron chi connectivity index (χ1n) is 13.2. The minimum Gasteiger partial charge on any atom is -0.388 e. The molecule has 4 heterocycles. The monoisotopic (exact) mass is 509 g/mol. The number of carbonyl (C=O) groups excluding carboxylic acids is 1. The van der Waals surface area contributed by atoms with Crippen LogP contribution < -0.4 is 10.2 Å². The van der Waals surface area contributed by atoms with Crippen LogP contribution >= 0.6 is 0 Å². The summed E-state index contributed by atoms with van der Waals surface area (Å²) >= 11 is 0. The first kappa shape index (κ1) is 24.5. The lowest BCUT2D eigenvalue weighted by Gasteiger charge is -2.32. The van der Waals surface area contributed by atoms with Gasteiger partial charge < -0.3 is 20.1 Å². The predicted octanol–water partition coefficient (Wildman–Crippen LogP) is 4.29. The lowest BCUT2D eigenvalue weighted by atomic mass is 10.0. The second-order valence-electron chi connectivity index (χ2n) is 10.2. The van der Waals surface area contributed by atoms with E-state index in [-0.39, 0.29) is 18.6 Å². The molecule has 1 aromatic carbocycles. The summed E-state index contributed by atoms with van der Waals surface area (Å²) in [5.74, 6) is 1.04. The fourth-order valence-electron chi connectivity index (χ4n) is 4.89. The molecule has 6 rings (SSSR count). The fraction of sp³-hybridized carbons (Fsp3) is 0.333. The maximum absolute atomic E-state index is 12.8. The Kier molecular flexibility index (Phi) is 6.74. The molecular weight excluding hydrogens is 478 g/mol. The topological polar surface area (TPSA) is 100 Å². The van der Waals surface area contributed by atoms with E-state index in [4.69, 9.17) is 14.7 Å². The molecule has 3 aromatic heterocycles. The van der Waals surface area contributed by atoms with E-state index < -0.39 is 6.10 Å². The zero-order valence-electron chi connectivity index (χ0n) is 21.4. The number of nitrogens with one attached hydrogen (secondary N) is 1. The van der Waals surface area contributed by atoms with Gasteiger partial charge in [0.15, 0.2) is 0 Å². The molecule has 2 aliphatic rings. The van der Waals surface area contributed by atoms with Crippen LogP contribution in [0.5, 0.6) is 0 Å². The largest absolute Gasteiger partial charge is 0.388 e. The SMILES string of the molecule is CC1CN(c2cccc(-c3ccc4cnc(CNC(=O)c5cccc(C(O)C6CC6)c5)cc4n3)n2)CCO1. The highest BCUT2D eigenvalue weighted by atomic mass is 16.5. The number of amides is 1. The predicted molar refractivity (Wildman–Crippen MR) is 146 cm³/mol. The molecule has 38 heavy (non-hydrogen) atoms. The first-order valence-corrected chi connectivity index (χ1v) is 13.2. The van der Waals surface area contributed by atoms with Gasteiger partial charge in [-0.15, -0.1) is 0 Å². The molecule has 8 heteroatoms. The van der Waals surface area contributed by atoms with Crippen molar-refractivity contribution < 1.29 is 14.6 Å². The normalized spacial score (nSPS) is 18.4. The molecule has 0 bridgehead atoms. The smallest absolute Gasteiger partial charge is 0.251 e. The number of anilines is 1. The summed E-state index contributed by atoms with van der Waals surface area (Å²) in [6, 6.07) is 19.1. The molecule has 1 aliphatic carbocycles. The summed E-state index contributed by atoms with van der Waals surface area (Å²) in [7, 11) is 0. The second-order valence-corrected chi connectivity index (χ2v) is 10.2. The minimum atomic E-state index is -0.502. The van der Waals surface area contributed by atoms with Gasteiger partial charge in [0.1, 0.15) is 5.82 Å². The van der Waals surface area contributed by atoms with E-state index >= 15 is 0 Å². The van der Waals surface area contributed by atoms with Gasteiger partial charge in [-0.05, 0) is 73.7 Å². The maximum atomic E-state index is 12.8. The van der Waals surface area contributed by atoms with Crippen LogP contribution in [0.25, 0.3) is 22.3 Å². The van der Waals surface area contributed by atoms with Gasteiger partial charge >= 0.3 is 0 Å². The molecule has 1 saturated carbocycles. The molecule has 194 valence electrons. The summed E-state index contributed by atoms with van der Waals surface area (Å²) in [5, 5.41) is 14.3. The first-order chi connectivity index (χ1) is 18.5. The molecule has 1 amide bonds. The number of ether oxygens (including phenoxy) is 1. The highest BCUT2D eigenvalue weighted by Crippen LogP contribution is 2.40. The third-order valence-electron chi connectivity index (χ3n) is 7.18. The molecule has 8 nitrogen and oxygen atoms in total. The van der Waals surface area contributed by atoms with Crippen molar-refractivity contribution in [1.29, 1.82) is 0 Å². The van der Waals surface area contributed by atoms with E-state index in [2.05, 4.69) is 22.1 Å². The van der Waals surface area contributed by atoms with Crippen LogP contribution in [0.4, 0.5) is 5.82 Å². The number of nitrogens with zero attached hydrogens (tertiary/aromatic N) is 4. The molecule has 2 fully saturated rings. The summed E-state index contributed by atoms with van der Waals surface area (Å²) in [4.78, 5) is 29.3. The molecule has 0 spiro atoms. The minimum absolute atomic E-state index is 0.178. The summed E-state index contributed by atoms with van der Waals surface area (Å²) in [6.07, 6.45) is 3.53. The van der Waals surface area contributed by atoms with Gasteiger partial charge in [0, 0.05) is 30.2 Å². The van der Waals surface area contributed by atoms with Crippen LogP contribution in [-0.2, 0) is 11.3 Å². The Hall–Kier alpha value is -3.88. The number of pyridine rings is 3. The Labute approximate surface area is 221 Å². The van der Waals surface area contributed by atoms with Gasteiger partial charge in [-0.25, -0.2) is 9.97 Å². The highest BCUT2D eigenvalue weighted by Gasteiger charge is 2.31. The van der Waals surface area contributed by atoms with Crippen molar-refractivity contribution in [3.05, 3.63) is 83.7 Å². The van der Waals surface area contributed by atoms with E-state index in [9.17, 15) is 9.90 Å². The number of hydrogen-bond acceptors (Lipinski definition) is 7. The van der Waals surface area contributed by atoms with E-state index in [0.717, 1.165) is 59.6 Å². The van der Waals surface area contributed by atoms with E-state index in [1.54, 1.807) is 18.3 Å². The van der Waals surface area contributed by atoms with Crippen molar-refractivity contribution in [2.45, 2.75) is 38.5 Å². The van der Waals surface area contributed by atoms with Gasteiger partial charge in [-0.2, -0.15) is 0 Å². The molecular formula is C30H31N5O3. The third-order valence-corrected chi connectivity index (χ3v) is 7.18. The number of rotatable bonds is 7. The van der Waals surface area contributed by atoms with Crippen LogP contribution in [0, 0.1) is 5.92 Å². The number of carbonyl (C=O) groups is 1. The molecule has 4 aromatic rings. The standard InChI is InChI=1S/C30H31N5O3/c1-19-18-35(12-13-38-19)28-7-3-6-25(34-28)26-11-10-23-16-31-24(15-27(23)33-26)17-32-30(37)22-5-2-4-21(14-22)29(36)20-8-9-20/h2-7,10-11,14-16,19-20,29,36H,8-9,12-13,17-18H2,1H3,(H,32,37). The van der Waals surface area contributed by atoms with Gasteiger partial charge in [0.2, 0.25) is 0 Å². The van der Waals surface area contributed by atoms with E-state index in [1.165, 1.54) is 0 Å². The number of aliphatic hydroxyl groups excluding tert-OH is 1. The molecule has 1 aliphatic heterocycles.